The minimum absolute atomic E-state index is 0.502. The SMILES string of the molecule is Clc1cccc(NCc2ccc(N3CCOCC3)cc2)n1. The fourth-order valence-corrected chi connectivity index (χ4v) is 2.51. The molecule has 1 aliphatic heterocycles. The second-order valence-electron chi connectivity index (χ2n) is 4.96. The molecule has 2 heterocycles. The van der Waals surface area contributed by atoms with Crippen LogP contribution in [0.3, 0.4) is 0 Å². The monoisotopic (exact) mass is 303 g/mol. The van der Waals surface area contributed by atoms with E-state index in [9.17, 15) is 0 Å². The molecular formula is C16H18ClN3O. The summed E-state index contributed by atoms with van der Waals surface area (Å²) in [4.78, 5) is 6.56. The van der Waals surface area contributed by atoms with Crippen LogP contribution in [0, 0.1) is 0 Å². The number of anilines is 2. The van der Waals surface area contributed by atoms with Gasteiger partial charge in [0.1, 0.15) is 11.0 Å². The molecular weight excluding hydrogens is 286 g/mol. The standard InChI is InChI=1S/C16H18ClN3O/c17-15-2-1-3-16(19-15)18-12-13-4-6-14(7-5-13)20-8-10-21-11-9-20/h1-7H,8-12H2,(H,18,19). The highest BCUT2D eigenvalue weighted by Gasteiger charge is 2.10. The van der Waals surface area contributed by atoms with E-state index in [0.29, 0.717) is 5.15 Å². The first kappa shape index (κ1) is 14.2. The van der Waals surface area contributed by atoms with Gasteiger partial charge >= 0.3 is 0 Å². The summed E-state index contributed by atoms with van der Waals surface area (Å²) < 4.78 is 5.37. The first-order chi connectivity index (χ1) is 10.3. The van der Waals surface area contributed by atoms with Crippen molar-refractivity contribution in [2.24, 2.45) is 0 Å². The lowest BCUT2D eigenvalue weighted by molar-refractivity contribution is 0.122. The van der Waals surface area contributed by atoms with Crippen LogP contribution in [0.1, 0.15) is 5.56 Å². The van der Waals surface area contributed by atoms with Gasteiger partial charge in [0.05, 0.1) is 13.2 Å². The van der Waals surface area contributed by atoms with E-state index in [2.05, 4.69) is 39.5 Å². The summed E-state index contributed by atoms with van der Waals surface area (Å²) in [7, 11) is 0. The molecule has 0 unspecified atom stereocenters. The van der Waals surface area contributed by atoms with E-state index in [4.69, 9.17) is 16.3 Å². The summed E-state index contributed by atoms with van der Waals surface area (Å²) in [5, 5.41) is 3.77. The predicted molar refractivity (Wildman–Crippen MR) is 86.0 cm³/mol. The van der Waals surface area contributed by atoms with Crippen LogP contribution in [-0.4, -0.2) is 31.3 Å². The highest BCUT2D eigenvalue weighted by molar-refractivity contribution is 6.29. The highest BCUT2D eigenvalue weighted by Crippen LogP contribution is 2.17. The molecule has 0 spiro atoms. The third kappa shape index (κ3) is 3.86. The average Bonchev–Trinajstić information content (AvgIpc) is 2.54. The zero-order chi connectivity index (χ0) is 14.5. The number of nitrogens with zero attached hydrogens (tertiary/aromatic N) is 2. The van der Waals surface area contributed by atoms with Crippen molar-refractivity contribution >= 4 is 23.1 Å². The molecule has 0 bridgehead atoms. The van der Waals surface area contributed by atoms with Crippen molar-refractivity contribution in [2.75, 3.05) is 36.5 Å². The van der Waals surface area contributed by atoms with Gasteiger partial charge in [-0.1, -0.05) is 29.8 Å². The number of aromatic nitrogens is 1. The van der Waals surface area contributed by atoms with Gasteiger partial charge in [-0.15, -0.1) is 0 Å². The fraction of sp³-hybridized carbons (Fsp3) is 0.312. The second-order valence-corrected chi connectivity index (χ2v) is 5.35. The van der Waals surface area contributed by atoms with E-state index in [0.717, 1.165) is 38.7 Å². The van der Waals surface area contributed by atoms with Crippen molar-refractivity contribution in [2.45, 2.75) is 6.54 Å². The first-order valence-corrected chi connectivity index (χ1v) is 7.47. The molecule has 1 fully saturated rings. The van der Waals surface area contributed by atoms with E-state index in [-0.39, 0.29) is 0 Å². The van der Waals surface area contributed by atoms with Crippen molar-refractivity contribution in [3.05, 3.63) is 53.2 Å². The maximum atomic E-state index is 5.87. The molecule has 5 heteroatoms. The summed E-state index contributed by atoms with van der Waals surface area (Å²) in [5.74, 6) is 0.791. The lowest BCUT2D eigenvalue weighted by Crippen LogP contribution is -2.36. The Bertz CT molecular complexity index is 582. The lowest BCUT2D eigenvalue weighted by Gasteiger charge is -2.28. The van der Waals surface area contributed by atoms with Crippen LogP contribution < -0.4 is 10.2 Å². The van der Waals surface area contributed by atoms with Crippen LogP contribution >= 0.6 is 11.6 Å². The number of hydrogen-bond acceptors (Lipinski definition) is 4. The van der Waals surface area contributed by atoms with Crippen LogP contribution in [0.5, 0.6) is 0 Å². The molecule has 4 nitrogen and oxygen atoms in total. The van der Waals surface area contributed by atoms with E-state index in [1.165, 1.54) is 11.3 Å². The van der Waals surface area contributed by atoms with E-state index >= 15 is 0 Å². The number of nitrogens with one attached hydrogen (secondary N) is 1. The number of morpholine rings is 1. The molecule has 21 heavy (non-hydrogen) atoms. The molecule has 1 aromatic heterocycles. The Morgan fingerprint density at radius 1 is 1.10 bits per heavy atom. The van der Waals surface area contributed by atoms with Gasteiger partial charge < -0.3 is 15.0 Å². The van der Waals surface area contributed by atoms with Crippen molar-refractivity contribution in [1.82, 2.24) is 4.98 Å². The number of halogens is 1. The van der Waals surface area contributed by atoms with Gasteiger partial charge in [-0.05, 0) is 29.8 Å². The Morgan fingerprint density at radius 2 is 1.86 bits per heavy atom. The molecule has 2 aromatic rings. The molecule has 0 radical (unpaired) electrons. The number of pyridine rings is 1. The normalized spacial score (nSPS) is 15.0. The maximum Gasteiger partial charge on any atom is 0.131 e. The molecule has 0 atom stereocenters. The van der Waals surface area contributed by atoms with Crippen molar-refractivity contribution in [3.63, 3.8) is 0 Å². The van der Waals surface area contributed by atoms with E-state index < -0.39 is 0 Å². The topological polar surface area (TPSA) is 37.4 Å². The van der Waals surface area contributed by atoms with Crippen molar-refractivity contribution < 1.29 is 4.74 Å². The third-order valence-electron chi connectivity index (χ3n) is 3.50. The largest absolute Gasteiger partial charge is 0.378 e. The molecule has 3 rings (SSSR count). The third-order valence-corrected chi connectivity index (χ3v) is 3.71. The van der Waals surface area contributed by atoms with Gasteiger partial charge in [0.2, 0.25) is 0 Å². The Kier molecular flexibility index (Phi) is 4.58. The Hall–Kier alpha value is -1.78. The molecule has 1 aliphatic rings. The predicted octanol–water partition coefficient (Wildman–Crippen LogP) is 3.18. The smallest absolute Gasteiger partial charge is 0.131 e. The summed E-state index contributed by atoms with van der Waals surface area (Å²) in [6, 6.07) is 14.2. The molecule has 1 saturated heterocycles. The van der Waals surface area contributed by atoms with Gasteiger partial charge in [0.25, 0.3) is 0 Å². The van der Waals surface area contributed by atoms with Gasteiger partial charge in [-0.25, -0.2) is 4.98 Å². The molecule has 110 valence electrons. The molecule has 1 N–H and O–H groups in total. The van der Waals surface area contributed by atoms with Gasteiger partial charge in [-0.2, -0.15) is 0 Å². The Morgan fingerprint density at radius 3 is 2.57 bits per heavy atom. The number of rotatable bonds is 4. The molecule has 1 aromatic carbocycles. The zero-order valence-corrected chi connectivity index (χ0v) is 12.5. The summed E-state index contributed by atoms with van der Waals surface area (Å²) in [6.07, 6.45) is 0. The van der Waals surface area contributed by atoms with Crippen LogP contribution in [-0.2, 0) is 11.3 Å². The summed E-state index contributed by atoms with van der Waals surface area (Å²) in [6.45, 7) is 4.28. The summed E-state index contributed by atoms with van der Waals surface area (Å²) >= 11 is 5.87. The number of ether oxygens (including phenoxy) is 1. The minimum Gasteiger partial charge on any atom is -0.378 e. The maximum absolute atomic E-state index is 5.87. The van der Waals surface area contributed by atoms with Crippen LogP contribution in [0.25, 0.3) is 0 Å². The Balaban J connectivity index is 1.59. The van der Waals surface area contributed by atoms with Gasteiger partial charge in [0, 0.05) is 25.3 Å². The minimum atomic E-state index is 0.502. The fourth-order valence-electron chi connectivity index (χ4n) is 2.35. The van der Waals surface area contributed by atoms with Crippen LogP contribution in [0.2, 0.25) is 5.15 Å². The zero-order valence-electron chi connectivity index (χ0n) is 11.8. The average molecular weight is 304 g/mol. The van der Waals surface area contributed by atoms with Crippen molar-refractivity contribution in [1.29, 1.82) is 0 Å². The first-order valence-electron chi connectivity index (χ1n) is 7.09. The molecule has 0 saturated carbocycles. The number of hydrogen-bond donors (Lipinski definition) is 1. The molecule has 0 aliphatic carbocycles. The van der Waals surface area contributed by atoms with Crippen LogP contribution in [0.4, 0.5) is 11.5 Å². The number of benzene rings is 1. The summed E-state index contributed by atoms with van der Waals surface area (Å²) in [5.41, 5.74) is 2.47. The molecule has 0 amide bonds. The highest BCUT2D eigenvalue weighted by atomic mass is 35.5. The van der Waals surface area contributed by atoms with Crippen LogP contribution in [0.15, 0.2) is 42.5 Å². The lowest BCUT2D eigenvalue weighted by atomic mass is 10.2. The Labute approximate surface area is 129 Å². The van der Waals surface area contributed by atoms with E-state index in [1.54, 1.807) is 6.07 Å². The van der Waals surface area contributed by atoms with Crippen molar-refractivity contribution in [3.8, 4) is 0 Å². The van der Waals surface area contributed by atoms with Gasteiger partial charge in [-0.3, -0.25) is 0 Å². The van der Waals surface area contributed by atoms with Gasteiger partial charge in [0.15, 0.2) is 0 Å². The quantitative estimate of drug-likeness (QED) is 0.880. The van der Waals surface area contributed by atoms with E-state index in [1.807, 2.05) is 12.1 Å². The second kappa shape index (κ2) is 6.78.